The molecule has 19 heavy (non-hydrogen) atoms. The Balaban J connectivity index is 2.59. The van der Waals surface area contributed by atoms with Crippen LogP contribution in [0.1, 0.15) is 0 Å². The normalized spacial score (nSPS) is 11.5. The molecule has 0 unspecified atom stereocenters. The molecule has 1 rings (SSSR count). The Morgan fingerprint density at radius 1 is 1.47 bits per heavy atom. The van der Waals surface area contributed by atoms with Crippen LogP contribution in [0.15, 0.2) is 23.1 Å². The van der Waals surface area contributed by atoms with Crippen molar-refractivity contribution in [1.29, 1.82) is 0 Å². The molecule has 0 aromatic heterocycles. The van der Waals surface area contributed by atoms with E-state index in [-0.39, 0.29) is 23.1 Å². The van der Waals surface area contributed by atoms with E-state index in [0.29, 0.717) is 0 Å². The van der Waals surface area contributed by atoms with E-state index >= 15 is 0 Å². The number of sulfonamides is 1. The lowest BCUT2D eigenvalue weighted by atomic mass is 10.3. The highest BCUT2D eigenvalue weighted by molar-refractivity contribution is 7.89. The molecule has 0 fully saturated rings. The minimum absolute atomic E-state index is 0.107. The SMILES string of the molecule is O=C(O)COCCNS(=O)(=O)c1ccc(F)cc1Cl. The molecule has 2 N–H and O–H groups in total. The maximum absolute atomic E-state index is 12.8. The van der Waals surface area contributed by atoms with Gasteiger partial charge in [0.1, 0.15) is 17.3 Å². The first-order chi connectivity index (χ1) is 8.83. The fourth-order valence-corrected chi connectivity index (χ4v) is 2.72. The van der Waals surface area contributed by atoms with Crippen molar-refractivity contribution in [3.8, 4) is 0 Å². The second-order valence-corrected chi connectivity index (χ2v) is 5.56. The largest absolute Gasteiger partial charge is 0.480 e. The topological polar surface area (TPSA) is 92.7 Å². The molecule has 9 heteroatoms. The number of carbonyl (C=O) groups is 1. The number of hydrogen-bond acceptors (Lipinski definition) is 4. The number of benzene rings is 1. The molecule has 1 aromatic rings. The highest BCUT2D eigenvalue weighted by Gasteiger charge is 2.17. The summed E-state index contributed by atoms with van der Waals surface area (Å²) in [6, 6.07) is 2.90. The molecular formula is C10H11ClFNO5S. The van der Waals surface area contributed by atoms with Gasteiger partial charge in [-0.2, -0.15) is 0 Å². The summed E-state index contributed by atoms with van der Waals surface area (Å²) in [5, 5.41) is 8.06. The lowest BCUT2D eigenvalue weighted by molar-refractivity contribution is -0.142. The Hall–Kier alpha value is -1.22. The number of rotatable bonds is 7. The molecular weight excluding hydrogens is 301 g/mol. The summed E-state index contributed by atoms with van der Waals surface area (Å²) in [5.41, 5.74) is 0. The molecule has 0 aliphatic rings. The standard InChI is InChI=1S/C10H11ClFNO5S/c11-8-5-7(12)1-2-9(8)19(16,17)13-3-4-18-6-10(14)15/h1-2,5,13H,3-4,6H2,(H,14,15). The fraction of sp³-hybridized carbons (Fsp3) is 0.300. The summed E-state index contributed by atoms with van der Waals surface area (Å²) >= 11 is 5.63. The van der Waals surface area contributed by atoms with Crippen molar-refractivity contribution in [2.45, 2.75) is 4.90 Å². The first kappa shape index (κ1) is 15.8. The number of halogens is 2. The van der Waals surface area contributed by atoms with Crippen molar-refractivity contribution in [1.82, 2.24) is 4.72 Å². The van der Waals surface area contributed by atoms with Gasteiger partial charge in [0.2, 0.25) is 10.0 Å². The van der Waals surface area contributed by atoms with Gasteiger partial charge in [-0.05, 0) is 18.2 Å². The lowest BCUT2D eigenvalue weighted by Gasteiger charge is -2.08. The van der Waals surface area contributed by atoms with Gasteiger partial charge < -0.3 is 9.84 Å². The molecule has 0 atom stereocenters. The average molecular weight is 312 g/mol. The smallest absolute Gasteiger partial charge is 0.329 e. The molecule has 106 valence electrons. The van der Waals surface area contributed by atoms with Crippen molar-refractivity contribution in [3.05, 3.63) is 29.0 Å². The summed E-state index contributed by atoms with van der Waals surface area (Å²) in [7, 11) is -3.88. The minimum atomic E-state index is -3.88. The van der Waals surface area contributed by atoms with E-state index in [4.69, 9.17) is 16.7 Å². The molecule has 1 aromatic carbocycles. The number of carboxylic acid groups (broad SMARTS) is 1. The number of nitrogens with one attached hydrogen (secondary N) is 1. The van der Waals surface area contributed by atoms with Crippen LogP contribution in [0.3, 0.4) is 0 Å². The Morgan fingerprint density at radius 2 is 2.16 bits per heavy atom. The minimum Gasteiger partial charge on any atom is -0.480 e. The summed E-state index contributed by atoms with van der Waals surface area (Å²) in [4.78, 5) is 9.89. The zero-order valence-electron chi connectivity index (χ0n) is 9.60. The fourth-order valence-electron chi connectivity index (χ4n) is 1.18. The van der Waals surface area contributed by atoms with Crippen LogP contribution in [0.5, 0.6) is 0 Å². The summed E-state index contributed by atoms with van der Waals surface area (Å²) < 4.78 is 43.1. The van der Waals surface area contributed by atoms with E-state index in [2.05, 4.69) is 9.46 Å². The Labute approximate surface area is 114 Å². The van der Waals surface area contributed by atoms with E-state index < -0.39 is 28.4 Å². The van der Waals surface area contributed by atoms with Crippen LogP contribution >= 0.6 is 11.6 Å². The average Bonchev–Trinajstić information content (AvgIpc) is 2.27. The quantitative estimate of drug-likeness (QED) is 0.729. The first-order valence-corrected chi connectivity index (χ1v) is 6.93. The number of ether oxygens (including phenoxy) is 1. The maximum atomic E-state index is 12.8. The van der Waals surface area contributed by atoms with Gasteiger partial charge in [0.25, 0.3) is 0 Å². The van der Waals surface area contributed by atoms with E-state index in [0.717, 1.165) is 18.2 Å². The van der Waals surface area contributed by atoms with Gasteiger partial charge in [0.15, 0.2) is 0 Å². The van der Waals surface area contributed by atoms with Gasteiger partial charge >= 0.3 is 5.97 Å². The van der Waals surface area contributed by atoms with Crippen molar-refractivity contribution in [2.75, 3.05) is 19.8 Å². The molecule has 0 saturated heterocycles. The van der Waals surface area contributed by atoms with Crippen LogP contribution in [-0.2, 0) is 19.6 Å². The van der Waals surface area contributed by atoms with Gasteiger partial charge in [0.05, 0.1) is 11.6 Å². The second-order valence-electron chi connectivity index (χ2n) is 3.42. The van der Waals surface area contributed by atoms with Crippen molar-refractivity contribution in [3.63, 3.8) is 0 Å². The predicted octanol–water partition coefficient (Wildman–Crippen LogP) is 0.859. The monoisotopic (exact) mass is 311 g/mol. The summed E-state index contributed by atoms with van der Waals surface area (Å²) in [6.07, 6.45) is 0. The molecule has 6 nitrogen and oxygen atoms in total. The van der Waals surface area contributed by atoms with Gasteiger partial charge in [-0.25, -0.2) is 22.3 Å². The second kappa shape index (κ2) is 6.80. The van der Waals surface area contributed by atoms with Crippen LogP contribution in [0.25, 0.3) is 0 Å². The van der Waals surface area contributed by atoms with Crippen LogP contribution in [0, 0.1) is 5.82 Å². The van der Waals surface area contributed by atoms with Crippen molar-refractivity contribution < 1.29 is 27.4 Å². The van der Waals surface area contributed by atoms with E-state index in [9.17, 15) is 17.6 Å². The Bertz CT molecular complexity index is 563. The Kier molecular flexibility index (Phi) is 5.67. The van der Waals surface area contributed by atoms with Crippen molar-refractivity contribution in [2.24, 2.45) is 0 Å². The molecule has 0 spiro atoms. The highest BCUT2D eigenvalue weighted by Crippen LogP contribution is 2.21. The highest BCUT2D eigenvalue weighted by atomic mass is 35.5. The molecule has 0 amide bonds. The summed E-state index contributed by atoms with van der Waals surface area (Å²) in [6.45, 7) is -0.743. The van der Waals surface area contributed by atoms with Gasteiger partial charge in [0, 0.05) is 6.54 Å². The van der Waals surface area contributed by atoms with Crippen LogP contribution < -0.4 is 4.72 Å². The van der Waals surface area contributed by atoms with Gasteiger partial charge in [-0.15, -0.1) is 0 Å². The molecule has 0 radical (unpaired) electrons. The predicted molar refractivity (Wildman–Crippen MR) is 65.1 cm³/mol. The third-order valence-electron chi connectivity index (χ3n) is 1.95. The molecule has 0 bridgehead atoms. The Morgan fingerprint density at radius 3 is 2.74 bits per heavy atom. The zero-order chi connectivity index (χ0) is 14.5. The van der Waals surface area contributed by atoms with E-state index in [1.165, 1.54) is 0 Å². The first-order valence-electron chi connectivity index (χ1n) is 5.07. The van der Waals surface area contributed by atoms with Gasteiger partial charge in [-0.3, -0.25) is 0 Å². The third-order valence-corrected chi connectivity index (χ3v) is 3.89. The summed E-state index contributed by atoms with van der Waals surface area (Å²) in [5.74, 6) is -1.79. The van der Waals surface area contributed by atoms with E-state index in [1.807, 2.05) is 0 Å². The third kappa shape index (κ3) is 5.11. The zero-order valence-corrected chi connectivity index (χ0v) is 11.2. The molecule has 0 heterocycles. The number of hydrogen-bond donors (Lipinski definition) is 2. The number of carboxylic acids is 1. The van der Waals surface area contributed by atoms with Crippen LogP contribution in [0.4, 0.5) is 4.39 Å². The van der Waals surface area contributed by atoms with Crippen LogP contribution in [0.2, 0.25) is 5.02 Å². The van der Waals surface area contributed by atoms with E-state index in [1.54, 1.807) is 0 Å². The van der Waals surface area contributed by atoms with Crippen LogP contribution in [-0.4, -0.2) is 39.3 Å². The maximum Gasteiger partial charge on any atom is 0.329 e. The van der Waals surface area contributed by atoms with Crippen molar-refractivity contribution >= 4 is 27.6 Å². The molecule has 0 saturated carbocycles. The number of aliphatic carboxylic acids is 1. The lowest BCUT2D eigenvalue weighted by Crippen LogP contribution is -2.28. The molecule has 0 aliphatic heterocycles. The molecule has 0 aliphatic carbocycles. The van der Waals surface area contributed by atoms with Gasteiger partial charge in [-0.1, -0.05) is 11.6 Å².